The third-order valence-electron chi connectivity index (χ3n) is 7.74. The number of para-hydroxylation sites is 2. The van der Waals surface area contributed by atoms with Gasteiger partial charge in [0.25, 0.3) is 5.91 Å². The molecular formula is C39H32N2O5. The molecule has 0 saturated carbocycles. The topological polar surface area (TPSA) is 86.6 Å². The third kappa shape index (κ3) is 6.30. The van der Waals surface area contributed by atoms with Crippen molar-refractivity contribution in [1.29, 1.82) is 0 Å². The van der Waals surface area contributed by atoms with Crippen LogP contribution in [0, 0.1) is 6.92 Å². The number of anilines is 1. The molecule has 0 atom stereocenters. The van der Waals surface area contributed by atoms with E-state index >= 15 is 0 Å². The number of nitrogens with one attached hydrogen (secondary N) is 1. The summed E-state index contributed by atoms with van der Waals surface area (Å²) in [7, 11) is 0. The summed E-state index contributed by atoms with van der Waals surface area (Å²) in [6.07, 6.45) is 0.765. The van der Waals surface area contributed by atoms with E-state index in [2.05, 4.69) is 17.4 Å². The van der Waals surface area contributed by atoms with E-state index in [1.54, 1.807) is 55.5 Å². The molecule has 6 aromatic rings. The number of fused-ring (bicyclic) bond motifs is 1. The van der Waals surface area contributed by atoms with Gasteiger partial charge in [-0.2, -0.15) is 0 Å². The molecule has 7 nitrogen and oxygen atoms in total. The summed E-state index contributed by atoms with van der Waals surface area (Å²) in [5.41, 5.74) is 6.04. The minimum Gasteiger partial charge on any atom is -0.462 e. The van der Waals surface area contributed by atoms with Crippen LogP contribution in [0.25, 0.3) is 16.6 Å². The number of benzene rings is 5. The predicted molar refractivity (Wildman–Crippen MR) is 179 cm³/mol. The van der Waals surface area contributed by atoms with Crippen LogP contribution in [0.4, 0.5) is 5.69 Å². The second kappa shape index (κ2) is 13.4. The number of hydrogen-bond acceptors (Lipinski definition) is 5. The van der Waals surface area contributed by atoms with Crippen molar-refractivity contribution in [3.63, 3.8) is 0 Å². The Morgan fingerprint density at radius 3 is 2.09 bits per heavy atom. The van der Waals surface area contributed by atoms with Crippen LogP contribution >= 0.6 is 0 Å². The molecule has 6 rings (SSSR count). The number of amides is 1. The molecule has 0 aliphatic carbocycles. The molecule has 228 valence electrons. The quantitative estimate of drug-likeness (QED) is 0.132. The summed E-state index contributed by atoms with van der Waals surface area (Å²) in [6, 6.07) is 39.1. The molecular weight excluding hydrogens is 576 g/mol. The third-order valence-corrected chi connectivity index (χ3v) is 7.74. The predicted octanol–water partition coefficient (Wildman–Crippen LogP) is 8.18. The molecule has 0 bridgehead atoms. The van der Waals surface area contributed by atoms with Gasteiger partial charge in [-0.3, -0.25) is 4.79 Å². The second-order valence-electron chi connectivity index (χ2n) is 10.8. The zero-order chi connectivity index (χ0) is 32.0. The first-order chi connectivity index (χ1) is 22.4. The van der Waals surface area contributed by atoms with Crippen molar-refractivity contribution in [3.8, 4) is 11.4 Å². The zero-order valence-electron chi connectivity index (χ0n) is 25.5. The largest absolute Gasteiger partial charge is 0.462 e. The minimum atomic E-state index is -0.648. The van der Waals surface area contributed by atoms with Crippen LogP contribution in [-0.2, 0) is 11.2 Å². The Hall–Kier alpha value is -5.95. The Morgan fingerprint density at radius 2 is 1.37 bits per heavy atom. The first-order valence-electron chi connectivity index (χ1n) is 15.1. The lowest BCUT2D eigenvalue weighted by Crippen LogP contribution is -2.17. The smallest absolute Gasteiger partial charge is 0.345 e. The second-order valence-corrected chi connectivity index (χ2v) is 10.8. The van der Waals surface area contributed by atoms with Gasteiger partial charge >= 0.3 is 11.9 Å². The Kier molecular flexibility index (Phi) is 8.74. The number of hydrogen-bond donors (Lipinski definition) is 1. The fraction of sp³-hybridized carbons (Fsp3) is 0.103. The maximum atomic E-state index is 13.5. The molecule has 0 unspecified atom stereocenters. The average Bonchev–Trinajstić information content (AvgIpc) is 3.37. The number of carbonyl (C=O) groups excluding carboxylic acids is 3. The van der Waals surface area contributed by atoms with Crippen molar-refractivity contribution >= 4 is 34.4 Å². The zero-order valence-corrected chi connectivity index (χ0v) is 25.5. The van der Waals surface area contributed by atoms with Gasteiger partial charge in [-0.15, -0.1) is 0 Å². The Balaban J connectivity index is 1.24. The normalized spacial score (nSPS) is 10.8. The number of ether oxygens (including phenoxy) is 2. The van der Waals surface area contributed by atoms with Crippen LogP contribution in [0.2, 0.25) is 0 Å². The monoisotopic (exact) mass is 608 g/mol. The summed E-state index contributed by atoms with van der Waals surface area (Å²) in [6.45, 7) is 3.85. The molecule has 0 spiro atoms. The standard InChI is InChI=1S/C39H32N2O5/c1-3-45-39(44)36-26(2)41(30-14-8-5-9-15-30)35-23-22-31(25-33(35)36)46-38(43)32-16-10-11-17-34(32)40-37(42)29-20-18-28(19-21-29)24-27-12-6-4-7-13-27/h4-23,25H,3,24H2,1-2H3,(H,40,42). The molecule has 1 N–H and O–H groups in total. The van der Waals surface area contributed by atoms with E-state index in [9.17, 15) is 14.4 Å². The lowest BCUT2D eigenvalue weighted by molar-refractivity contribution is 0.0527. The van der Waals surface area contributed by atoms with Gasteiger partial charge in [0.15, 0.2) is 0 Å². The maximum Gasteiger partial charge on any atom is 0.345 e. The van der Waals surface area contributed by atoms with Gasteiger partial charge in [-0.25, -0.2) is 9.59 Å². The molecule has 0 aliphatic rings. The van der Waals surface area contributed by atoms with E-state index in [1.165, 1.54) is 5.56 Å². The van der Waals surface area contributed by atoms with Crippen LogP contribution in [-0.4, -0.2) is 29.0 Å². The highest BCUT2D eigenvalue weighted by atomic mass is 16.5. The molecule has 7 heteroatoms. The van der Waals surface area contributed by atoms with Gasteiger partial charge in [0.2, 0.25) is 0 Å². The van der Waals surface area contributed by atoms with Crippen LogP contribution in [0.15, 0.2) is 127 Å². The summed E-state index contributed by atoms with van der Waals surface area (Å²) < 4.78 is 13.2. The fourth-order valence-electron chi connectivity index (χ4n) is 5.56. The Bertz CT molecular complexity index is 2030. The number of esters is 2. The highest BCUT2D eigenvalue weighted by Gasteiger charge is 2.23. The van der Waals surface area contributed by atoms with E-state index in [0.717, 1.165) is 23.2 Å². The maximum absolute atomic E-state index is 13.5. The SMILES string of the molecule is CCOC(=O)c1c(C)n(-c2ccccc2)c2ccc(OC(=O)c3ccccc3NC(=O)c3ccc(Cc4ccccc4)cc3)cc12. The van der Waals surface area contributed by atoms with Crippen molar-refractivity contribution in [3.05, 3.63) is 161 Å². The lowest BCUT2D eigenvalue weighted by atomic mass is 10.0. The molecule has 46 heavy (non-hydrogen) atoms. The number of aromatic nitrogens is 1. The molecule has 1 heterocycles. The van der Waals surface area contributed by atoms with Gasteiger partial charge in [0.1, 0.15) is 5.75 Å². The molecule has 1 amide bonds. The van der Waals surface area contributed by atoms with Gasteiger partial charge in [0, 0.05) is 22.3 Å². The van der Waals surface area contributed by atoms with E-state index in [1.807, 2.05) is 78.2 Å². The fourth-order valence-corrected chi connectivity index (χ4v) is 5.56. The summed E-state index contributed by atoms with van der Waals surface area (Å²) in [5.74, 6) is -1.19. The average molecular weight is 609 g/mol. The van der Waals surface area contributed by atoms with Crippen molar-refractivity contribution in [2.24, 2.45) is 0 Å². The van der Waals surface area contributed by atoms with Gasteiger partial charge in [0.05, 0.1) is 28.9 Å². The summed E-state index contributed by atoms with van der Waals surface area (Å²) in [5, 5.41) is 3.45. The molecule has 0 radical (unpaired) electrons. The van der Waals surface area contributed by atoms with Crippen LogP contribution in [0.5, 0.6) is 5.75 Å². The minimum absolute atomic E-state index is 0.195. The van der Waals surface area contributed by atoms with E-state index in [0.29, 0.717) is 27.9 Å². The van der Waals surface area contributed by atoms with Gasteiger partial charge in [-0.05, 0) is 86.0 Å². The molecule has 0 fully saturated rings. The van der Waals surface area contributed by atoms with Crippen LogP contribution in [0.3, 0.4) is 0 Å². The van der Waals surface area contributed by atoms with Gasteiger partial charge in [-0.1, -0.05) is 72.8 Å². The Labute approximate surface area is 267 Å². The summed E-state index contributed by atoms with van der Waals surface area (Å²) >= 11 is 0. The van der Waals surface area contributed by atoms with Crippen molar-refractivity contribution in [2.45, 2.75) is 20.3 Å². The van der Waals surface area contributed by atoms with E-state index < -0.39 is 11.9 Å². The summed E-state index contributed by atoms with van der Waals surface area (Å²) in [4.78, 5) is 39.7. The van der Waals surface area contributed by atoms with Crippen LogP contribution < -0.4 is 10.1 Å². The van der Waals surface area contributed by atoms with Crippen LogP contribution in [0.1, 0.15) is 54.8 Å². The first-order valence-corrected chi connectivity index (χ1v) is 15.1. The molecule has 5 aromatic carbocycles. The van der Waals surface area contributed by atoms with E-state index in [-0.39, 0.29) is 23.8 Å². The number of carbonyl (C=O) groups is 3. The van der Waals surface area contributed by atoms with Crippen molar-refractivity contribution in [2.75, 3.05) is 11.9 Å². The lowest BCUT2D eigenvalue weighted by Gasteiger charge is -2.12. The molecule has 0 aliphatic heterocycles. The number of rotatable bonds is 9. The number of nitrogens with zero attached hydrogens (tertiary/aromatic N) is 1. The molecule has 0 saturated heterocycles. The van der Waals surface area contributed by atoms with Gasteiger partial charge < -0.3 is 19.4 Å². The highest BCUT2D eigenvalue weighted by molar-refractivity contribution is 6.09. The highest BCUT2D eigenvalue weighted by Crippen LogP contribution is 2.33. The van der Waals surface area contributed by atoms with Crippen molar-refractivity contribution in [1.82, 2.24) is 4.57 Å². The Morgan fingerprint density at radius 1 is 0.717 bits per heavy atom. The van der Waals surface area contributed by atoms with Crippen molar-refractivity contribution < 1.29 is 23.9 Å². The first kappa shape index (κ1) is 30.1. The van der Waals surface area contributed by atoms with E-state index in [4.69, 9.17) is 9.47 Å². The molecule has 1 aromatic heterocycles.